The van der Waals surface area contributed by atoms with Gasteiger partial charge >= 0.3 is 12.0 Å². The van der Waals surface area contributed by atoms with Gasteiger partial charge < -0.3 is 19.5 Å². The van der Waals surface area contributed by atoms with Crippen molar-refractivity contribution in [3.05, 3.63) is 29.8 Å². The predicted molar refractivity (Wildman–Crippen MR) is 93.9 cm³/mol. The van der Waals surface area contributed by atoms with Gasteiger partial charge in [0, 0.05) is 11.6 Å². The molecular weight excluding hydrogens is 340 g/mol. The fraction of sp³-hybridized carbons (Fsp3) is 0.389. The van der Waals surface area contributed by atoms with E-state index in [-0.39, 0.29) is 0 Å². The summed E-state index contributed by atoms with van der Waals surface area (Å²) in [5, 5.41) is 4.64. The highest BCUT2D eigenvalue weighted by molar-refractivity contribution is 5.96. The quantitative estimate of drug-likeness (QED) is 0.623. The van der Waals surface area contributed by atoms with Crippen LogP contribution in [0.25, 0.3) is 6.08 Å². The molecule has 0 atom stereocenters. The number of amides is 3. The van der Waals surface area contributed by atoms with Crippen molar-refractivity contribution >= 4 is 24.0 Å². The van der Waals surface area contributed by atoms with Crippen LogP contribution in [0.1, 0.15) is 26.3 Å². The lowest BCUT2D eigenvalue weighted by Crippen LogP contribution is -2.49. The van der Waals surface area contributed by atoms with E-state index in [1.165, 1.54) is 12.2 Å². The van der Waals surface area contributed by atoms with Gasteiger partial charge in [-0.25, -0.2) is 9.59 Å². The molecule has 0 unspecified atom stereocenters. The Bertz CT molecular complexity index is 721. The molecule has 0 saturated carbocycles. The second-order valence-corrected chi connectivity index (χ2v) is 6.60. The highest BCUT2D eigenvalue weighted by atomic mass is 16.6. The number of carbonyl (C=O) groups excluding carboxylic acids is 3. The first-order valence-electron chi connectivity index (χ1n) is 8.09. The van der Waals surface area contributed by atoms with Gasteiger partial charge in [0.25, 0.3) is 5.91 Å². The van der Waals surface area contributed by atoms with Gasteiger partial charge in [-0.05, 0) is 44.5 Å². The lowest BCUT2D eigenvalue weighted by molar-refractivity contribution is -0.143. The van der Waals surface area contributed by atoms with Crippen molar-refractivity contribution < 1.29 is 28.6 Å². The zero-order valence-corrected chi connectivity index (χ0v) is 15.0. The van der Waals surface area contributed by atoms with Crippen molar-refractivity contribution in [2.45, 2.75) is 26.3 Å². The van der Waals surface area contributed by atoms with Crippen LogP contribution in [0.3, 0.4) is 0 Å². The van der Waals surface area contributed by atoms with E-state index in [4.69, 9.17) is 14.2 Å². The van der Waals surface area contributed by atoms with Crippen molar-refractivity contribution in [1.82, 2.24) is 10.6 Å². The van der Waals surface area contributed by atoms with Crippen LogP contribution in [0.4, 0.5) is 4.79 Å². The van der Waals surface area contributed by atoms with E-state index in [9.17, 15) is 14.4 Å². The number of nitrogens with one attached hydrogen (secondary N) is 2. The van der Waals surface area contributed by atoms with Crippen LogP contribution in [0.2, 0.25) is 0 Å². The van der Waals surface area contributed by atoms with Gasteiger partial charge in [-0.3, -0.25) is 10.1 Å². The Balaban J connectivity index is 1.78. The maximum Gasteiger partial charge on any atom is 0.331 e. The Morgan fingerprint density at radius 1 is 1.15 bits per heavy atom. The van der Waals surface area contributed by atoms with E-state index >= 15 is 0 Å². The second-order valence-electron chi connectivity index (χ2n) is 6.60. The number of hydrogen-bond donors (Lipinski definition) is 2. The van der Waals surface area contributed by atoms with Crippen molar-refractivity contribution in [3.63, 3.8) is 0 Å². The molecule has 0 bridgehead atoms. The summed E-state index contributed by atoms with van der Waals surface area (Å²) in [5.41, 5.74) is 0.244. The molecule has 0 fully saturated rings. The number of rotatable bonds is 4. The average Bonchev–Trinajstić information content (AvgIpc) is 2.56. The lowest BCUT2D eigenvalue weighted by Gasteiger charge is -2.20. The fourth-order valence-electron chi connectivity index (χ4n) is 2.05. The van der Waals surface area contributed by atoms with Crippen molar-refractivity contribution in [3.8, 4) is 11.5 Å². The van der Waals surface area contributed by atoms with E-state index < -0.39 is 30.1 Å². The van der Waals surface area contributed by atoms with Crippen molar-refractivity contribution in [2.24, 2.45) is 0 Å². The minimum atomic E-state index is -0.715. The van der Waals surface area contributed by atoms with Crippen LogP contribution in [0.5, 0.6) is 11.5 Å². The van der Waals surface area contributed by atoms with Gasteiger partial charge in [-0.1, -0.05) is 6.07 Å². The van der Waals surface area contributed by atoms with Crippen molar-refractivity contribution in [2.75, 3.05) is 19.8 Å². The summed E-state index contributed by atoms with van der Waals surface area (Å²) in [7, 11) is 0. The van der Waals surface area contributed by atoms with E-state index in [1.54, 1.807) is 39.0 Å². The number of urea groups is 1. The van der Waals surface area contributed by atoms with Gasteiger partial charge in [0.2, 0.25) is 0 Å². The van der Waals surface area contributed by atoms with Gasteiger partial charge in [0.1, 0.15) is 13.2 Å². The molecule has 1 aromatic rings. The third kappa shape index (κ3) is 6.46. The molecule has 0 radical (unpaired) electrons. The number of hydrogen-bond acceptors (Lipinski definition) is 6. The van der Waals surface area contributed by atoms with E-state index in [0.29, 0.717) is 24.7 Å². The monoisotopic (exact) mass is 362 g/mol. The number of carbonyl (C=O) groups is 3. The Hall–Kier alpha value is -3.03. The molecule has 1 aliphatic rings. The maximum absolute atomic E-state index is 11.7. The van der Waals surface area contributed by atoms with Crippen molar-refractivity contribution in [1.29, 1.82) is 0 Å². The lowest BCUT2D eigenvalue weighted by atomic mass is 10.1. The summed E-state index contributed by atoms with van der Waals surface area (Å²) in [6.45, 7) is 5.76. The number of fused-ring (bicyclic) bond motifs is 1. The van der Waals surface area contributed by atoms with Gasteiger partial charge in [0.05, 0.1) is 0 Å². The molecule has 140 valence electrons. The van der Waals surface area contributed by atoms with Crippen LogP contribution in [0, 0.1) is 0 Å². The van der Waals surface area contributed by atoms with Crippen LogP contribution >= 0.6 is 0 Å². The van der Waals surface area contributed by atoms with Gasteiger partial charge in [0.15, 0.2) is 18.1 Å². The average molecular weight is 362 g/mol. The second kappa shape index (κ2) is 8.37. The standard InChI is InChI=1S/C18H22N2O6/c1-18(2,3)20-17(23)19-15(21)11-26-16(22)7-5-12-4-6-13-14(10-12)25-9-8-24-13/h4-7,10H,8-9,11H2,1-3H3,(H2,19,20,21,23)/b7-5+. The van der Waals surface area contributed by atoms with Crippen LogP contribution in [0.15, 0.2) is 24.3 Å². The molecule has 0 aromatic heterocycles. The highest BCUT2D eigenvalue weighted by Gasteiger charge is 2.16. The molecule has 0 saturated heterocycles. The third-order valence-electron chi connectivity index (χ3n) is 3.07. The Labute approximate surface area is 151 Å². The van der Waals surface area contributed by atoms with Gasteiger partial charge in [-0.15, -0.1) is 0 Å². The zero-order chi connectivity index (χ0) is 19.2. The molecule has 1 aliphatic heterocycles. The molecule has 1 heterocycles. The number of benzene rings is 1. The summed E-state index contributed by atoms with van der Waals surface area (Å²) in [4.78, 5) is 34.8. The first-order valence-corrected chi connectivity index (χ1v) is 8.09. The Morgan fingerprint density at radius 3 is 2.54 bits per heavy atom. The van der Waals surface area contributed by atoms with E-state index in [2.05, 4.69) is 10.6 Å². The molecule has 8 heteroatoms. The summed E-state index contributed by atoms with van der Waals surface area (Å²) >= 11 is 0. The number of esters is 1. The zero-order valence-electron chi connectivity index (χ0n) is 15.0. The third-order valence-corrected chi connectivity index (χ3v) is 3.07. The van der Waals surface area contributed by atoms with Crippen LogP contribution in [-0.2, 0) is 14.3 Å². The fourth-order valence-corrected chi connectivity index (χ4v) is 2.05. The first kappa shape index (κ1) is 19.3. The molecule has 0 aliphatic carbocycles. The summed E-state index contributed by atoms with van der Waals surface area (Å²) in [6.07, 6.45) is 2.72. The smallest absolute Gasteiger partial charge is 0.331 e. The number of imide groups is 1. The molecule has 2 rings (SSSR count). The topological polar surface area (TPSA) is 103 Å². The van der Waals surface area contributed by atoms with Crippen LogP contribution < -0.4 is 20.1 Å². The van der Waals surface area contributed by atoms with E-state index in [1.807, 2.05) is 0 Å². The highest BCUT2D eigenvalue weighted by Crippen LogP contribution is 2.31. The molecular formula is C18H22N2O6. The molecule has 26 heavy (non-hydrogen) atoms. The normalized spacial score (nSPS) is 13.2. The predicted octanol–water partition coefficient (Wildman–Crippen LogP) is 1.64. The Morgan fingerprint density at radius 2 is 1.85 bits per heavy atom. The summed E-state index contributed by atoms with van der Waals surface area (Å²) < 4.78 is 15.7. The molecule has 0 spiro atoms. The Kier molecular flexibility index (Phi) is 6.21. The van der Waals surface area contributed by atoms with E-state index in [0.717, 1.165) is 5.56 Å². The SMILES string of the molecule is CC(C)(C)NC(=O)NC(=O)COC(=O)/C=C/c1ccc2c(c1)OCCO2. The van der Waals surface area contributed by atoms with Gasteiger partial charge in [-0.2, -0.15) is 0 Å². The molecule has 1 aromatic carbocycles. The minimum absolute atomic E-state index is 0.472. The number of ether oxygens (including phenoxy) is 3. The maximum atomic E-state index is 11.7. The molecule has 3 amide bonds. The molecule has 2 N–H and O–H groups in total. The largest absolute Gasteiger partial charge is 0.486 e. The molecule has 8 nitrogen and oxygen atoms in total. The summed E-state index contributed by atoms with van der Waals surface area (Å²) in [5.74, 6) is -0.156. The minimum Gasteiger partial charge on any atom is -0.486 e. The first-order chi connectivity index (χ1) is 12.2. The summed E-state index contributed by atoms with van der Waals surface area (Å²) in [6, 6.07) is 4.61. The van der Waals surface area contributed by atoms with Crippen LogP contribution in [-0.4, -0.2) is 43.3 Å².